The highest BCUT2D eigenvalue weighted by atomic mass is 16.2. The molecule has 2 saturated heterocycles. The van der Waals surface area contributed by atoms with Gasteiger partial charge in [0.05, 0.1) is 6.54 Å². The number of likely N-dealkylation sites (N-methyl/N-ethyl adjacent to an activating group) is 1. The van der Waals surface area contributed by atoms with E-state index in [4.69, 9.17) is 0 Å². The summed E-state index contributed by atoms with van der Waals surface area (Å²) >= 11 is 0. The lowest BCUT2D eigenvalue weighted by Gasteiger charge is -2.34. The van der Waals surface area contributed by atoms with Crippen molar-refractivity contribution in [2.45, 2.75) is 52.0 Å². The molecule has 2 heterocycles. The zero-order valence-electron chi connectivity index (χ0n) is 13.2. The van der Waals surface area contributed by atoms with Crippen LogP contribution < -0.4 is 5.32 Å². The first-order valence-electron chi connectivity index (χ1n) is 8.42. The standard InChI is InChI=1S/C16H31N3O/c1-3-18(12-15-8-4-5-9-17-15)13-16(20)19-10-6-7-14(2)11-19/h14-15,17H,3-13H2,1-2H3. The Labute approximate surface area is 123 Å². The minimum atomic E-state index is 0.328. The summed E-state index contributed by atoms with van der Waals surface area (Å²) in [5.41, 5.74) is 0. The molecule has 1 N–H and O–H groups in total. The maximum absolute atomic E-state index is 12.4. The molecule has 0 bridgehead atoms. The molecule has 2 aliphatic rings. The fourth-order valence-corrected chi connectivity index (χ4v) is 3.40. The minimum absolute atomic E-state index is 0.328. The van der Waals surface area contributed by atoms with Gasteiger partial charge in [0.2, 0.25) is 5.91 Å². The molecule has 2 rings (SSSR count). The van der Waals surface area contributed by atoms with Crippen LogP contribution in [0, 0.1) is 5.92 Å². The Bertz CT molecular complexity index is 302. The molecule has 2 atom stereocenters. The Kier molecular flexibility index (Phi) is 6.30. The Balaban J connectivity index is 1.77. The molecule has 2 fully saturated rings. The second-order valence-corrected chi connectivity index (χ2v) is 6.56. The highest BCUT2D eigenvalue weighted by molar-refractivity contribution is 5.78. The third-order valence-electron chi connectivity index (χ3n) is 4.71. The van der Waals surface area contributed by atoms with Crippen molar-refractivity contribution in [1.29, 1.82) is 0 Å². The third kappa shape index (κ3) is 4.74. The van der Waals surface area contributed by atoms with Crippen molar-refractivity contribution in [2.24, 2.45) is 5.92 Å². The van der Waals surface area contributed by atoms with Gasteiger partial charge in [-0.1, -0.05) is 20.3 Å². The highest BCUT2D eigenvalue weighted by Gasteiger charge is 2.23. The van der Waals surface area contributed by atoms with E-state index in [1.807, 2.05) is 0 Å². The topological polar surface area (TPSA) is 35.6 Å². The molecule has 2 aliphatic heterocycles. The van der Waals surface area contributed by atoms with Gasteiger partial charge in [-0.2, -0.15) is 0 Å². The molecule has 2 unspecified atom stereocenters. The van der Waals surface area contributed by atoms with E-state index in [-0.39, 0.29) is 0 Å². The average Bonchev–Trinajstić information content (AvgIpc) is 2.47. The summed E-state index contributed by atoms with van der Waals surface area (Å²) in [5.74, 6) is 0.997. The molecule has 0 aromatic rings. The molecule has 0 aromatic heterocycles. The Morgan fingerprint density at radius 2 is 2.15 bits per heavy atom. The number of nitrogens with one attached hydrogen (secondary N) is 1. The second-order valence-electron chi connectivity index (χ2n) is 6.56. The van der Waals surface area contributed by atoms with Crippen LogP contribution in [0.25, 0.3) is 0 Å². The van der Waals surface area contributed by atoms with E-state index in [2.05, 4.69) is 29.0 Å². The smallest absolute Gasteiger partial charge is 0.236 e. The van der Waals surface area contributed by atoms with E-state index in [9.17, 15) is 4.79 Å². The number of amides is 1. The molecule has 0 radical (unpaired) electrons. The number of hydrogen-bond acceptors (Lipinski definition) is 3. The van der Waals surface area contributed by atoms with Crippen molar-refractivity contribution in [1.82, 2.24) is 15.1 Å². The second kappa shape index (κ2) is 7.99. The summed E-state index contributed by atoms with van der Waals surface area (Å²) in [6, 6.07) is 0.580. The normalized spacial score (nSPS) is 27.9. The predicted octanol–water partition coefficient (Wildman–Crippen LogP) is 1.71. The first kappa shape index (κ1) is 15.8. The van der Waals surface area contributed by atoms with E-state index < -0.39 is 0 Å². The number of rotatable bonds is 5. The van der Waals surface area contributed by atoms with E-state index >= 15 is 0 Å². The van der Waals surface area contributed by atoms with Crippen LogP contribution >= 0.6 is 0 Å². The van der Waals surface area contributed by atoms with Crippen molar-refractivity contribution in [3.8, 4) is 0 Å². The molecule has 0 spiro atoms. The van der Waals surface area contributed by atoms with Gasteiger partial charge in [0.1, 0.15) is 0 Å². The highest BCUT2D eigenvalue weighted by Crippen LogP contribution is 2.16. The van der Waals surface area contributed by atoms with Crippen molar-refractivity contribution < 1.29 is 4.79 Å². The lowest BCUT2D eigenvalue weighted by atomic mass is 10.0. The number of carbonyl (C=O) groups excluding carboxylic acids is 1. The van der Waals surface area contributed by atoms with Gasteiger partial charge in [-0.25, -0.2) is 0 Å². The summed E-state index contributed by atoms with van der Waals surface area (Å²) in [6.45, 7) is 10.1. The lowest BCUT2D eigenvalue weighted by Crippen LogP contribution is -2.48. The van der Waals surface area contributed by atoms with Crippen LogP contribution in [0.2, 0.25) is 0 Å². The number of carbonyl (C=O) groups is 1. The maximum atomic E-state index is 12.4. The van der Waals surface area contributed by atoms with E-state index in [0.29, 0.717) is 24.4 Å². The van der Waals surface area contributed by atoms with Gasteiger partial charge >= 0.3 is 0 Å². The van der Waals surface area contributed by atoms with Crippen molar-refractivity contribution in [3.63, 3.8) is 0 Å². The Morgan fingerprint density at radius 1 is 1.30 bits per heavy atom. The van der Waals surface area contributed by atoms with Crippen molar-refractivity contribution in [3.05, 3.63) is 0 Å². The average molecular weight is 281 g/mol. The van der Waals surface area contributed by atoms with E-state index in [0.717, 1.165) is 32.7 Å². The molecular weight excluding hydrogens is 250 g/mol. The maximum Gasteiger partial charge on any atom is 0.236 e. The lowest BCUT2D eigenvalue weighted by molar-refractivity contribution is -0.134. The minimum Gasteiger partial charge on any atom is -0.341 e. The van der Waals surface area contributed by atoms with Crippen LogP contribution in [-0.2, 0) is 4.79 Å². The van der Waals surface area contributed by atoms with Crippen LogP contribution in [0.5, 0.6) is 0 Å². The fourth-order valence-electron chi connectivity index (χ4n) is 3.40. The van der Waals surface area contributed by atoms with Crippen molar-refractivity contribution >= 4 is 5.91 Å². The first-order chi connectivity index (χ1) is 9.69. The molecule has 4 nitrogen and oxygen atoms in total. The van der Waals surface area contributed by atoms with Crippen LogP contribution in [0.4, 0.5) is 0 Å². The third-order valence-corrected chi connectivity index (χ3v) is 4.71. The van der Waals surface area contributed by atoms with Gasteiger partial charge in [-0.15, -0.1) is 0 Å². The number of piperidine rings is 2. The predicted molar refractivity (Wildman–Crippen MR) is 82.7 cm³/mol. The monoisotopic (exact) mass is 281 g/mol. The van der Waals surface area contributed by atoms with Crippen LogP contribution in [-0.4, -0.2) is 61.0 Å². The quantitative estimate of drug-likeness (QED) is 0.833. The molecule has 0 saturated carbocycles. The Morgan fingerprint density at radius 3 is 2.80 bits per heavy atom. The molecule has 20 heavy (non-hydrogen) atoms. The zero-order chi connectivity index (χ0) is 14.4. The largest absolute Gasteiger partial charge is 0.341 e. The molecule has 116 valence electrons. The fraction of sp³-hybridized carbons (Fsp3) is 0.938. The van der Waals surface area contributed by atoms with Crippen LogP contribution in [0.15, 0.2) is 0 Å². The summed E-state index contributed by atoms with van der Waals surface area (Å²) in [5, 5.41) is 3.58. The van der Waals surface area contributed by atoms with Gasteiger partial charge in [0.25, 0.3) is 0 Å². The van der Waals surface area contributed by atoms with Gasteiger partial charge < -0.3 is 10.2 Å². The molecule has 0 aliphatic carbocycles. The summed E-state index contributed by atoms with van der Waals surface area (Å²) in [7, 11) is 0. The molecule has 1 amide bonds. The molecule has 0 aromatic carbocycles. The summed E-state index contributed by atoms with van der Waals surface area (Å²) in [4.78, 5) is 16.8. The summed E-state index contributed by atoms with van der Waals surface area (Å²) < 4.78 is 0. The van der Waals surface area contributed by atoms with Gasteiger partial charge in [-0.3, -0.25) is 9.69 Å². The van der Waals surface area contributed by atoms with E-state index in [1.165, 1.54) is 32.1 Å². The summed E-state index contributed by atoms with van der Waals surface area (Å²) in [6.07, 6.45) is 6.32. The van der Waals surface area contributed by atoms with Crippen LogP contribution in [0.3, 0.4) is 0 Å². The number of nitrogens with zero attached hydrogens (tertiary/aromatic N) is 2. The van der Waals surface area contributed by atoms with Crippen LogP contribution in [0.1, 0.15) is 46.0 Å². The zero-order valence-corrected chi connectivity index (χ0v) is 13.2. The first-order valence-corrected chi connectivity index (χ1v) is 8.42. The van der Waals surface area contributed by atoms with Gasteiger partial charge in [0, 0.05) is 25.7 Å². The number of hydrogen-bond donors (Lipinski definition) is 1. The van der Waals surface area contributed by atoms with Crippen molar-refractivity contribution in [2.75, 3.05) is 39.3 Å². The molecular formula is C16H31N3O. The number of likely N-dealkylation sites (tertiary alicyclic amines) is 1. The SMILES string of the molecule is CCN(CC(=O)N1CCCC(C)C1)CC1CCCCN1. The van der Waals surface area contributed by atoms with Gasteiger partial charge in [0.15, 0.2) is 0 Å². The van der Waals surface area contributed by atoms with Gasteiger partial charge in [-0.05, 0) is 44.7 Å². The van der Waals surface area contributed by atoms with E-state index in [1.54, 1.807) is 0 Å². The Hall–Kier alpha value is -0.610. The molecule has 4 heteroatoms.